The van der Waals surface area contributed by atoms with E-state index < -0.39 is 19.0 Å². The fourth-order valence-corrected chi connectivity index (χ4v) is 2.24. The van der Waals surface area contributed by atoms with Crippen LogP contribution in [0.3, 0.4) is 0 Å². The summed E-state index contributed by atoms with van der Waals surface area (Å²) in [7, 11) is 0. The highest BCUT2D eigenvalue weighted by Crippen LogP contribution is 2.20. The highest BCUT2D eigenvalue weighted by Gasteiger charge is 2.16. The van der Waals surface area contributed by atoms with Crippen LogP contribution in [-0.2, 0) is 11.3 Å². The molecule has 5 nitrogen and oxygen atoms in total. The number of anilines is 2. The molecule has 1 atom stereocenters. The Balaban J connectivity index is 1.99. The Labute approximate surface area is 133 Å². The zero-order valence-corrected chi connectivity index (χ0v) is 13.3. The van der Waals surface area contributed by atoms with Crippen molar-refractivity contribution < 1.29 is 13.6 Å². The highest BCUT2D eigenvalue weighted by molar-refractivity contribution is 5.97. The number of carbonyl (C=O) groups is 1. The van der Waals surface area contributed by atoms with E-state index in [9.17, 15) is 13.6 Å². The Morgan fingerprint density at radius 2 is 1.96 bits per heavy atom. The Bertz CT molecular complexity index is 664. The van der Waals surface area contributed by atoms with Crippen LogP contribution < -0.4 is 10.6 Å². The minimum absolute atomic E-state index is 0.205. The zero-order valence-electron chi connectivity index (χ0n) is 13.3. The number of para-hydroxylation sites is 1. The lowest BCUT2D eigenvalue weighted by atomic mass is 10.1. The lowest BCUT2D eigenvalue weighted by molar-refractivity contribution is -0.116. The Hall–Kier alpha value is -2.44. The van der Waals surface area contributed by atoms with Crippen molar-refractivity contribution in [2.45, 2.75) is 39.8 Å². The molecule has 1 amide bonds. The Kier molecular flexibility index (Phi) is 5.31. The maximum Gasteiger partial charge on any atom is 0.257 e. The van der Waals surface area contributed by atoms with Gasteiger partial charge in [0.2, 0.25) is 5.91 Å². The summed E-state index contributed by atoms with van der Waals surface area (Å²) < 4.78 is 25.7. The number of benzene rings is 1. The molecule has 0 aliphatic rings. The van der Waals surface area contributed by atoms with Crippen molar-refractivity contribution in [1.82, 2.24) is 9.78 Å². The number of rotatable bonds is 6. The number of amides is 1. The molecule has 1 aromatic heterocycles. The fourth-order valence-electron chi connectivity index (χ4n) is 2.24. The van der Waals surface area contributed by atoms with Crippen molar-refractivity contribution in [3.05, 3.63) is 41.7 Å². The van der Waals surface area contributed by atoms with E-state index in [1.165, 1.54) is 12.4 Å². The number of alkyl halides is 2. The van der Waals surface area contributed by atoms with Crippen LogP contribution >= 0.6 is 0 Å². The maximum atomic E-state index is 12.3. The molecule has 0 aliphatic carbocycles. The summed E-state index contributed by atoms with van der Waals surface area (Å²) in [5.74, 6) is -0.205. The molecule has 1 aromatic carbocycles. The van der Waals surface area contributed by atoms with Gasteiger partial charge in [-0.1, -0.05) is 18.2 Å². The lowest BCUT2D eigenvalue weighted by Gasteiger charge is -2.16. The lowest BCUT2D eigenvalue weighted by Crippen LogP contribution is -2.32. The predicted molar refractivity (Wildman–Crippen MR) is 85.9 cm³/mol. The number of nitrogens with zero attached hydrogens (tertiary/aromatic N) is 2. The molecule has 0 unspecified atom stereocenters. The minimum Gasteiger partial charge on any atom is -0.371 e. The number of hydrogen-bond donors (Lipinski definition) is 2. The van der Waals surface area contributed by atoms with Crippen LogP contribution in [0.5, 0.6) is 0 Å². The topological polar surface area (TPSA) is 59.0 Å². The van der Waals surface area contributed by atoms with Crippen LogP contribution in [0.1, 0.15) is 18.1 Å². The third kappa shape index (κ3) is 4.51. The van der Waals surface area contributed by atoms with Gasteiger partial charge in [0.25, 0.3) is 6.43 Å². The summed E-state index contributed by atoms with van der Waals surface area (Å²) in [6.45, 7) is 5.09. The van der Waals surface area contributed by atoms with Gasteiger partial charge in [-0.15, -0.1) is 0 Å². The quantitative estimate of drug-likeness (QED) is 0.858. The summed E-state index contributed by atoms with van der Waals surface area (Å²) >= 11 is 0. The van der Waals surface area contributed by atoms with E-state index in [0.29, 0.717) is 5.69 Å². The molecule has 2 aromatic rings. The van der Waals surface area contributed by atoms with E-state index >= 15 is 0 Å². The molecule has 124 valence electrons. The Morgan fingerprint density at radius 3 is 2.57 bits per heavy atom. The number of hydrogen-bond acceptors (Lipinski definition) is 3. The first-order chi connectivity index (χ1) is 10.9. The normalized spacial score (nSPS) is 12.3. The SMILES string of the molecule is Cc1cccc(C)c1NC(=O)[C@@H](C)Nc1cnn(CC(F)F)c1. The van der Waals surface area contributed by atoms with Gasteiger partial charge in [-0.3, -0.25) is 9.48 Å². The standard InChI is InChI=1S/C16H20F2N4O/c1-10-5-4-6-11(2)15(10)21-16(23)12(3)20-13-7-19-22(8-13)9-14(17)18/h4-8,12,14,20H,9H2,1-3H3,(H,21,23)/t12-/m1/s1. The fraction of sp³-hybridized carbons (Fsp3) is 0.375. The van der Waals surface area contributed by atoms with E-state index in [2.05, 4.69) is 15.7 Å². The summed E-state index contributed by atoms with van der Waals surface area (Å²) in [4.78, 5) is 12.3. The van der Waals surface area contributed by atoms with Gasteiger partial charge in [0.15, 0.2) is 0 Å². The van der Waals surface area contributed by atoms with Crippen molar-refractivity contribution in [2.24, 2.45) is 0 Å². The maximum absolute atomic E-state index is 12.3. The number of aromatic nitrogens is 2. The molecular formula is C16H20F2N4O. The van der Waals surface area contributed by atoms with E-state index in [1.54, 1.807) is 6.92 Å². The summed E-state index contributed by atoms with van der Waals surface area (Å²) in [6.07, 6.45) is 0.410. The first kappa shape index (κ1) is 16.9. The average Bonchev–Trinajstić information content (AvgIpc) is 2.89. The molecule has 0 bridgehead atoms. The first-order valence-electron chi connectivity index (χ1n) is 7.31. The largest absolute Gasteiger partial charge is 0.371 e. The number of carbonyl (C=O) groups excluding carboxylic acids is 1. The third-order valence-electron chi connectivity index (χ3n) is 3.46. The van der Waals surface area contributed by atoms with Gasteiger partial charge in [0.1, 0.15) is 12.6 Å². The molecular weight excluding hydrogens is 302 g/mol. The van der Waals surface area contributed by atoms with Crippen LogP contribution in [0, 0.1) is 13.8 Å². The molecule has 0 aliphatic heterocycles. The smallest absolute Gasteiger partial charge is 0.257 e. The summed E-state index contributed by atoms with van der Waals surface area (Å²) in [5, 5.41) is 9.67. The van der Waals surface area contributed by atoms with E-state index in [-0.39, 0.29) is 5.91 Å². The molecule has 0 radical (unpaired) electrons. The Morgan fingerprint density at radius 1 is 1.30 bits per heavy atom. The van der Waals surface area contributed by atoms with Gasteiger partial charge >= 0.3 is 0 Å². The average molecular weight is 322 g/mol. The third-order valence-corrected chi connectivity index (χ3v) is 3.46. The van der Waals surface area contributed by atoms with Gasteiger partial charge in [-0.25, -0.2) is 8.78 Å². The van der Waals surface area contributed by atoms with Crippen LogP contribution in [0.15, 0.2) is 30.6 Å². The minimum atomic E-state index is -2.47. The van der Waals surface area contributed by atoms with Gasteiger partial charge in [0.05, 0.1) is 11.9 Å². The number of halogens is 2. The monoisotopic (exact) mass is 322 g/mol. The molecule has 2 N–H and O–H groups in total. The summed E-state index contributed by atoms with van der Waals surface area (Å²) in [6, 6.07) is 5.25. The summed E-state index contributed by atoms with van der Waals surface area (Å²) in [5.41, 5.74) is 3.28. The van der Waals surface area contributed by atoms with Crippen molar-refractivity contribution >= 4 is 17.3 Å². The second-order valence-corrected chi connectivity index (χ2v) is 5.46. The second-order valence-electron chi connectivity index (χ2n) is 5.46. The van der Waals surface area contributed by atoms with Crippen molar-refractivity contribution in [1.29, 1.82) is 0 Å². The van der Waals surface area contributed by atoms with Crippen LogP contribution in [0.25, 0.3) is 0 Å². The molecule has 1 heterocycles. The van der Waals surface area contributed by atoms with Crippen LogP contribution in [-0.4, -0.2) is 28.2 Å². The number of nitrogens with one attached hydrogen (secondary N) is 2. The van der Waals surface area contributed by atoms with Crippen molar-refractivity contribution in [2.75, 3.05) is 10.6 Å². The molecule has 0 fully saturated rings. The predicted octanol–water partition coefficient (Wildman–Crippen LogP) is 3.20. The van der Waals surface area contributed by atoms with Gasteiger partial charge in [0, 0.05) is 11.9 Å². The van der Waals surface area contributed by atoms with Crippen LogP contribution in [0.4, 0.5) is 20.2 Å². The van der Waals surface area contributed by atoms with Gasteiger partial charge in [-0.05, 0) is 31.9 Å². The molecule has 7 heteroatoms. The van der Waals surface area contributed by atoms with Gasteiger partial charge < -0.3 is 10.6 Å². The molecule has 2 rings (SSSR count). The highest BCUT2D eigenvalue weighted by atomic mass is 19.3. The second kappa shape index (κ2) is 7.21. The van der Waals surface area contributed by atoms with E-state index in [4.69, 9.17) is 0 Å². The first-order valence-corrected chi connectivity index (χ1v) is 7.31. The van der Waals surface area contributed by atoms with Crippen molar-refractivity contribution in [3.63, 3.8) is 0 Å². The number of aryl methyl sites for hydroxylation is 2. The van der Waals surface area contributed by atoms with Crippen LogP contribution in [0.2, 0.25) is 0 Å². The van der Waals surface area contributed by atoms with E-state index in [1.807, 2.05) is 32.0 Å². The molecule has 23 heavy (non-hydrogen) atoms. The van der Waals surface area contributed by atoms with Crippen molar-refractivity contribution in [3.8, 4) is 0 Å². The molecule has 0 spiro atoms. The molecule has 0 saturated carbocycles. The van der Waals surface area contributed by atoms with Gasteiger partial charge in [-0.2, -0.15) is 5.10 Å². The molecule has 0 saturated heterocycles. The zero-order chi connectivity index (χ0) is 17.0. The van der Waals surface area contributed by atoms with E-state index in [0.717, 1.165) is 21.5 Å².